The molecule has 0 saturated heterocycles. The van der Waals surface area contributed by atoms with Crippen LogP contribution >= 0.6 is 11.3 Å². The Hall–Kier alpha value is -2.73. The minimum Gasteiger partial charge on any atom is -0.375 e. The largest absolute Gasteiger partial charge is 0.375 e. The molecule has 0 saturated carbocycles. The van der Waals surface area contributed by atoms with Crippen molar-refractivity contribution in [2.45, 2.75) is 0 Å². The second kappa shape index (κ2) is 5.95. The molecule has 3 rings (SSSR count). The van der Waals surface area contributed by atoms with Gasteiger partial charge in [-0.1, -0.05) is 12.1 Å². The molecule has 22 heavy (non-hydrogen) atoms. The topological polar surface area (TPSA) is 68.0 Å². The smallest absolute Gasteiger partial charge is 0.255 e. The van der Waals surface area contributed by atoms with Crippen LogP contribution in [0.2, 0.25) is 0 Å². The lowest BCUT2D eigenvalue weighted by atomic mass is 10.1. The predicted molar refractivity (Wildman–Crippen MR) is 86.3 cm³/mol. The Labute approximate surface area is 130 Å². The van der Waals surface area contributed by atoms with E-state index < -0.39 is 0 Å². The Bertz CT molecular complexity index is 814. The number of carbonyl (C=O) groups is 1. The zero-order valence-electron chi connectivity index (χ0n) is 11.4. The highest BCUT2D eigenvalue weighted by molar-refractivity contribution is 7.13. The molecule has 1 aromatic heterocycles. The first-order valence-electron chi connectivity index (χ1n) is 6.50. The van der Waals surface area contributed by atoms with Crippen LogP contribution in [0.3, 0.4) is 0 Å². The van der Waals surface area contributed by atoms with Crippen LogP contribution in [0.4, 0.5) is 15.2 Å². The van der Waals surface area contributed by atoms with E-state index in [2.05, 4.69) is 10.3 Å². The van der Waals surface area contributed by atoms with Crippen LogP contribution in [0.15, 0.2) is 53.9 Å². The van der Waals surface area contributed by atoms with Crippen molar-refractivity contribution in [3.63, 3.8) is 0 Å². The fourth-order valence-corrected chi connectivity index (χ4v) is 2.55. The Morgan fingerprint density at radius 2 is 1.95 bits per heavy atom. The van der Waals surface area contributed by atoms with Gasteiger partial charge < -0.3 is 11.1 Å². The second-order valence-corrected chi connectivity index (χ2v) is 5.50. The molecule has 0 radical (unpaired) electrons. The summed E-state index contributed by atoms with van der Waals surface area (Å²) in [5.74, 6) is -0.672. The number of amides is 1. The third kappa shape index (κ3) is 3.12. The highest BCUT2D eigenvalue weighted by Gasteiger charge is 2.08. The molecule has 4 nitrogen and oxygen atoms in total. The molecule has 0 spiro atoms. The van der Waals surface area contributed by atoms with E-state index in [0.717, 1.165) is 11.3 Å². The molecule has 6 heteroatoms. The summed E-state index contributed by atoms with van der Waals surface area (Å²) >= 11 is 1.36. The van der Waals surface area contributed by atoms with Crippen molar-refractivity contribution in [1.29, 1.82) is 0 Å². The lowest BCUT2D eigenvalue weighted by molar-refractivity contribution is 0.102. The molecule has 0 aliphatic heterocycles. The average Bonchev–Trinajstić information content (AvgIpc) is 2.95. The van der Waals surface area contributed by atoms with Gasteiger partial charge in [0, 0.05) is 22.2 Å². The van der Waals surface area contributed by atoms with E-state index in [9.17, 15) is 9.18 Å². The van der Waals surface area contributed by atoms with Gasteiger partial charge in [-0.3, -0.25) is 4.79 Å². The first-order valence-corrected chi connectivity index (χ1v) is 7.38. The number of hydrogen-bond donors (Lipinski definition) is 2. The number of nitrogens with one attached hydrogen (secondary N) is 1. The molecular formula is C16H12FN3OS. The van der Waals surface area contributed by atoms with Crippen LogP contribution in [0, 0.1) is 5.82 Å². The van der Waals surface area contributed by atoms with Crippen molar-refractivity contribution >= 4 is 28.1 Å². The molecule has 3 aromatic rings. The lowest BCUT2D eigenvalue weighted by Crippen LogP contribution is -2.11. The highest BCUT2D eigenvalue weighted by Crippen LogP contribution is 2.25. The summed E-state index contributed by atoms with van der Waals surface area (Å²) in [6, 6.07) is 12.7. The maximum Gasteiger partial charge on any atom is 0.255 e. The monoisotopic (exact) mass is 313 g/mol. The molecule has 0 aliphatic rings. The highest BCUT2D eigenvalue weighted by atomic mass is 32.1. The number of benzene rings is 2. The summed E-state index contributed by atoms with van der Waals surface area (Å²) in [6.07, 6.45) is 0. The van der Waals surface area contributed by atoms with E-state index in [1.54, 1.807) is 6.07 Å². The summed E-state index contributed by atoms with van der Waals surface area (Å²) in [6.45, 7) is 0. The molecule has 1 amide bonds. The first kappa shape index (κ1) is 14.2. The Kier molecular flexibility index (Phi) is 3.84. The fourth-order valence-electron chi connectivity index (χ4n) is 1.98. The van der Waals surface area contributed by atoms with Crippen LogP contribution in [0.5, 0.6) is 0 Å². The molecule has 0 fully saturated rings. The van der Waals surface area contributed by atoms with Gasteiger partial charge in [0.15, 0.2) is 5.13 Å². The van der Waals surface area contributed by atoms with Gasteiger partial charge in [-0.05, 0) is 36.4 Å². The van der Waals surface area contributed by atoms with Crippen molar-refractivity contribution < 1.29 is 9.18 Å². The number of halogens is 1. The Morgan fingerprint density at radius 3 is 2.64 bits per heavy atom. The molecule has 0 aliphatic carbocycles. The third-order valence-corrected chi connectivity index (χ3v) is 3.72. The van der Waals surface area contributed by atoms with E-state index in [0.29, 0.717) is 16.4 Å². The van der Waals surface area contributed by atoms with Gasteiger partial charge in [0.25, 0.3) is 5.91 Å². The minimum absolute atomic E-state index is 0.296. The standard InChI is InChI=1S/C16H12FN3OS/c17-12-6-4-10(5-7-12)15(21)19-13-3-1-2-11(8-13)14-9-22-16(18)20-14/h1-9H,(H2,18,20)(H,19,21). The predicted octanol–water partition coefficient (Wildman–Crippen LogP) is 3.78. The van der Waals surface area contributed by atoms with Gasteiger partial charge in [0.05, 0.1) is 5.69 Å². The Morgan fingerprint density at radius 1 is 1.18 bits per heavy atom. The van der Waals surface area contributed by atoms with Crippen LogP contribution < -0.4 is 11.1 Å². The maximum atomic E-state index is 12.9. The number of anilines is 2. The lowest BCUT2D eigenvalue weighted by Gasteiger charge is -2.06. The molecule has 110 valence electrons. The number of rotatable bonds is 3. The normalized spacial score (nSPS) is 10.4. The third-order valence-electron chi connectivity index (χ3n) is 3.04. The summed E-state index contributed by atoms with van der Waals surface area (Å²) in [5, 5.41) is 5.13. The van der Waals surface area contributed by atoms with Gasteiger partial charge in [-0.25, -0.2) is 9.37 Å². The van der Waals surface area contributed by atoms with Crippen molar-refractivity contribution in [2.75, 3.05) is 11.1 Å². The number of nitrogen functional groups attached to an aromatic ring is 1. The van der Waals surface area contributed by atoms with E-state index in [4.69, 9.17) is 5.73 Å². The quantitative estimate of drug-likeness (QED) is 0.773. The maximum absolute atomic E-state index is 12.9. The van der Waals surface area contributed by atoms with Gasteiger partial charge >= 0.3 is 0 Å². The average molecular weight is 313 g/mol. The van der Waals surface area contributed by atoms with Crippen LogP contribution in [0.25, 0.3) is 11.3 Å². The zero-order chi connectivity index (χ0) is 15.5. The minimum atomic E-state index is -0.375. The number of hydrogen-bond acceptors (Lipinski definition) is 4. The van der Waals surface area contributed by atoms with Crippen LogP contribution in [-0.2, 0) is 0 Å². The second-order valence-electron chi connectivity index (χ2n) is 4.61. The SMILES string of the molecule is Nc1nc(-c2cccc(NC(=O)c3ccc(F)cc3)c2)cs1. The number of nitrogens with two attached hydrogens (primary N) is 1. The molecule has 0 atom stereocenters. The molecule has 2 aromatic carbocycles. The molecule has 0 bridgehead atoms. The van der Waals surface area contributed by atoms with Gasteiger partial charge in [0.1, 0.15) is 5.82 Å². The molecule has 3 N–H and O–H groups in total. The summed E-state index contributed by atoms with van der Waals surface area (Å²) < 4.78 is 12.9. The number of thiazole rings is 1. The summed E-state index contributed by atoms with van der Waals surface area (Å²) in [7, 11) is 0. The fraction of sp³-hybridized carbons (Fsp3) is 0. The number of nitrogens with zero attached hydrogens (tertiary/aromatic N) is 1. The number of aromatic nitrogens is 1. The number of carbonyl (C=O) groups excluding carboxylic acids is 1. The van der Waals surface area contributed by atoms with Gasteiger partial charge in [-0.15, -0.1) is 11.3 Å². The van der Waals surface area contributed by atoms with E-state index in [-0.39, 0.29) is 11.7 Å². The van der Waals surface area contributed by atoms with E-state index in [1.807, 2.05) is 23.6 Å². The molecular weight excluding hydrogens is 301 g/mol. The summed E-state index contributed by atoms with van der Waals surface area (Å²) in [5.41, 5.74) is 8.29. The summed E-state index contributed by atoms with van der Waals surface area (Å²) in [4.78, 5) is 16.3. The van der Waals surface area contributed by atoms with Gasteiger partial charge in [-0.2, -0.15) is 0 Å². The first-order chi connectivity index (χ1) is 10.6. The van der Waals surface area contributed by atoms with Crippen LogP contribution in [0.1, 0.15) is 10.4 Å². The van der Waals surface area contributed by atoms with Crippen molar-refractivity contribution in [1.82, 2.24) is 4.98 Å². The van der Waals surface area contributed by atoms with Crippen molar-refractivity contribution in [2.24, 2.45) is 0 Å². The van der Waals surface area contributed by atoms with E-state index >= 15 is 0 Å². The van der Waals surface area contributed by atoms with Crippen molar-refractivity contribution in [3.8, 4) is 11.3 Å². The van der Waals surface area contributed by atoms with E-state index in [1.165, 1.54) is 35.6 Å². The molecule has 0 unspecified atom stereocenters. The van der Waals surface area contributed by atoms with Gasteiger partial charge in [0.2, 0.25) is 0 Å². The Balaban J connectivity index is 1.81. The zero-order valence-corrected chi connectivity index (χ0v) is 12.2. The van der Waals surface area contributed by atoms with Crippen molar-refractivity contribution in [3.05, 3.63) is 65.3 Å². The molecule has 1 heterocycles. The van der Waals surface area contributed by atoms with Crippen LogP contribution in [-0.4, -0.2) is 10.9 Å².